The van der Waals surface area contributed by atoms with Gasteiger partial charge in [0.1, 0.15) is 28.1 Å². The van der Waals surface area contributed by atoms with Gasteiger partial charge in [0, 0.05) is 42.4 Å². The van der Waals surface area contributed by atoms with Crippen LogP contribution in [0.15, 0.2) is 71.1 Å². The molecule has 35 heavy (non-hydrogen) atoms. The van der Waals surface area contributed by atoms with Crippen molar-refractivity contribution in [3.63, 3.8) is 0 Å². The number of rotatable bonds is 8. The van der Waals surface area contributed by atoms with Gasteiger partial charge in [0.25, 0.3) is 5.91 Å². The molecule has 0 bridgehead atoms. The van der Waals surface area contributed by atoms with Crippen LogP contribution >= 0.6 is 0 Å². The summed E-state index contributed by atoms with van der Waals surface area (Å²) < 4.78 is 34.6. The summed E-state index contributed by atoms with van der Waals surface area (Å²) in [6.07, 6.45) is 2.62. The summed E-state index contributed by atoms with van der Waals surface area (Å²) in [5.41, 5.74) is 4.04. The Morgan fingerprint density at radius 1 is 1.09 bits per heavy atom. The van der Waals surface area contributed by atoms with Gasteiger partial charge in [-0.05, 0) is 41.8 Å². The normalized spacial score (nSPS) is 12.9. The molecule has 0 aliphatic heterocycles. The molecule has 1 heterocycles. The average Bonchev–Trinajstić information content (AvgIpc) is 3.25. The first-order valence-electron chi connectivity index (χ1n) is 11.6. The van der Waals surface area contributed by atoms with Gasteiger partial charge in [0.05, 0.1) is 11.3 Å². The molecule has 7 heteroatoms. The molecule has 4 aromatic rings. The Morgan fingerprint density at radius 2 is 1.77 bits per heavy atom. The molecule has 182 valence electrons. The number of hydrogen-bond acceptors (Lipinski definition) is 3. The molecule has 0 fully saturated rings. The first-order valence-corrected chi connectivity index (χ1v) is 13.1. The Morgan fingerprint density at radius 3 is 2.37 bits per heavy atom. The van der Waals surface area contributed by atoms with E-state index in [2.05, 4.69) is 19.2 Å². The Bertz CT molecular complexity index is 1370. The smallest absolute Gasteiger partial charge is 0.255 e. The lowest BCUT2D eigenvalue weighted by atomic mass is 9.98. The average molecular weight is 493 g/mol. The molecule has 1 aromatic heterocycles. The van der Waals surface area contributed by atoms with E-state index in [1.807, 2.05) is 46.8 Å². The standard InChI is InChI=1S/C28H29FN2O3S/c1-5-18(2)17-31(35(4)33)24-16-25-23(15-22(24)19-9-7-6-8-10-19)26(28(32)30-3)27(34-25)20-11-13-21(29)14-12-20/h6-16,18H,5,17H2,1-4H3,(H,30,32). The number of fused-ring (bicyclic) bond motifs is 1. The van der Waals surface area contributed by atoms with E-state index >= 15 is 0 Å². The van der Waals surface area contributed by atoms with E-state index in [4.69, 9.17) is 4.42 Å². The molecule has 5 nitrogen and oxygen atoms in total. The quantitative estimate of drug-likeness (QED) is 0.309. The van der Waals surface area contributed by atoms with Crippen LogP contribution in [-0.2, 0) is 11.0 Å². The molecular formula is C28H29FN2O3S. The van der Waals surface area contributed by atoms with Crippen LogP contribution < -0.4 is 9.62 Å². The first-order chi connectivity index (χ1) is 16.8. The van der Waals surface area contributed by atoms with Gasteiger partial charge >= 0.3 is 0 Å². The van der Waals surface area contributed by atoms with E-state index in [0.29, 0.717) is 40.3 Å². The van der Waals surface area contributed by atoms with Crippen molar-refractivity contribution in [2.75, 3.05) is 24.2 Å². The van der Waals surface area contributed by atoms with E-state index in [9.17, 15) is 13.4 Å². The Hall–Kier alpha value is -3.45. The SMILES string of the molecule is CCC(C)CN(c1cc2oc(-c3ccc(F)cc3)c(C(=O)NC)c2cc1-c1ccccc1)S(C)=O. The zero-order valence-electron chi connectivity index (χ0n) is 20.3. The summed E-state index contributed by atoms with van der Waals surface area (Å²) >= 11 is 0. The Labute approximate surface area is 207 Å². The number of nitrogens with zero attached hydrogens (tertiary/aromatic N) is 1. The fourth-order valence-corrected chi connectivity index (χ4v) is 4.99. The number of anilines is 1. The van der Waals surface area contributed by atoms with Gasteiger partial charge in [-0.1, -0.05) is 50.6 Å². The number of carbonyl (C=O) groups is 1. The molecule has 0 saturated carbocycles. The molecule has 1 N–H and O–H groups in total. The number of halogens is 1. The van der Waals surface area contributed by atoms with Crippen LogP contribution in [-0.4, -0.2) is 30.0 Å². The number of amides is 1. The van der Waals surface area contributed by atoms with Crippen molar-refractivity contribution in [2.24, 2.45) is 5.92 Å². The lowest BCUT2D eigenvalue weighted by Crippen LogP contribution is -2.30. The summed E-state index contributed by atoms with van der Waals surface area (Å²) in [5, 5.41) is 3.33. The highest BCUT2D eigenvalue weighted by Gasteiger charge is 2.26. The molecule has 3 aromatic carbocycles. The minimum Gasteiger partial charge on any atom is -0.455 e. The highest BCUT2D eigenvalue weighted by atomic mass is 32.2. The molecule has 0 spiro atoms. The molecule has 1 amide bonds. The predicted molar refractivity (Wildman–Crippen MR) is 141 cm³/mol. The third-order valence-corrected chi connectivity index (χ3v) is 7.17. The topological polar surface area (TPSA) is 62.6 Å². The van der Waals surface area contributed by atoms with Crippen LogP contribution in [0.1, 0.15) is 30.6 Å². The van der Waals surface area contributed by atoms with E-state index in [1.54, 1.807) is 25.4 Å². The Kier molecular flexibility index (Phi) is 7.36. The minimum absolute atomic E-state index is 0.301. The highest BCUT2D eigenvalue weighted by molar-refractivity contribution is 7.85. The maximum Gasteiger partial charge on any atom is 0.255 e. The summed E-state index contributed by atoms with van der Waals surface area (Å²) in [6.45, 7) is 4.85. The maximum absolute atomic E-state index is 13.6. The molecule has 0 radical (unpaired) electrons. The van der Waals surface area contributed by atoms with Crippen molar-refractivity contribution < 1.29 is 17.8 Å². The van der Waals surface area contributed by atoms with Crippen LogP contribution in [0.2, 0.25) is 0 Å². The third-order valence-electron chi connectivity index (χ3n) is 6.21. The van der Waals surface area contributed by atoms with Crippen molar-refractivity contribution in [1.29, 1.82) is 0 Å². The van der Waals surface area contributed by atoms with Gasteiger partial charge < -0.3 is 9.73 Å². The highest BCUT2D eigenvalue weighted by Crippen LogP contribution is 2.41. The number of carbonyl (C=O) groups excluding carboxylic acids is 1. The summed E-state index contributed by atoms with van der Waals surface area (Å²) in [7, 11) is 0.285. The van der Waals surface area contributed by atoms with Gasteiger partial charge in [-0.25, -0.2) is 8.60 Å². The third kappa shape index (κ3) is 5.00. The number of furan rings is 1. The Balaban J connectivity index is 2.03. The largest absolute Gasteiger partial charge is 0.455 e. The van der Waals surface area contributed by atoms with Crippen molar-refractivity contribution in [2.45, 2.75) is 20.3 Å². The van der Waals surface area contributed by atoms with Gasteiger partial charge in [-0.15, -0.1) is 0 Å². The lowest BCUT2D eigenvalue weighted by molar-refractivity contribution is 0.0964. The number of benzene rings is 3. The first kappa shape index (κ1) is 24.7. The van der Waals surface area contributed by atoms with E-state index in [-0.39, 0.29) is 11.7 Å². The lowest BCUT2D eigenvalue weighted by Gasteiger charge is -2.27. The zero-order valence-corrected chi connectivity index (χ0v) is 21.1. The summed E-state index contributed by atoms with van der Waals surface area (Å²) in [5.74, 6) is 0.0177. The maximum atomic E-state index is 13.6. The van der Waals surface area contributed by atoms with Crippen molar-refractivity contribution in [3.05, 3.63) is 78.1 Å². The monoisotopic (exact) mass is 492 g/mol. The second kappa shape index (κ2) is 10.4. The number of hydrogen-bond donors (Lipinski definition) is 1. The molecule has 0 aliphatic carbocycles. The van der Waals surface area contributed by atoms with E-state index in [0.717, 1.165) is 23.2 Å². The van der Waals surface area contributed by atoms with Crippen LogP contribution in [0.5, 0.6) is 0 Å². The van der Waals surface area contributed by atoms with E-state index in [1.165, 1.54) is 12.1 Å². The number of nitrogens with one attached hydrogen (secondary N) is 1. The summed E-state index contributed by atoms with van der Waals surface area (Å²) in [6, 6.07) is 19.5. The van der Waals surface area contributed by atoms with Crippen molar-refractivity contribution in [1.82, 2.24) is 5.32 Å². The predicted octanol–water partition coefficient (Wildman–Crippen LogP) is 6.41. The van der Waals surface area contributed by atoms with Crippen LogP contribution in [0.25, 0.3) is 33.4 Å². The summed E-state index contributed by atoms with van der Waals surface area (Å²) in [4.78, 5) is 13.0. The molecule has 2 atom stereocenters. The van der Waals surface area contributed by atoms with Gasteiger partial charge in [0.2, 0.25) is 0 Å². The van der Waals surface area contributed by atoms with Crippen LogP contribution in [0.3, 0.4) is 0 Å². The zero-order chi connectivity index (χ0) is 25.1. The molecule has 0 saturated heterocycles. The molecule has 2 unspecified atom stereocenters. The minimum atomic E-state index is -1.28. The van der Waals surface area contributed by atoms with Crippen LogP contribution in [0, 0.1) is 11.7 Å². The van der Waals surface area contributed by atoms with Gasteiger partial charge in [-0.2, -0.15) is 0 Å². The second-order valence-corrected chi connectivity index (χ2v) is 9.91. The van der Waals surface area contributed by atoms with Crippen molar-refractivity contribution >= 4 is 33.5 Å². The fraction of sp³-hybridized carbons (Fsp3) is 0.250. The van der Waals surface area contributed by atoms with Gasteiger partial charge in [0.15, 0.2) is 0 Å². The molecule has 4 rings (SSSR count). The fourth-order valence-electron chi connectivity index (χ4n) is 4.10. The van der Waals surface area contributed by atoms with Gasteiger partial charge in [-0.3, -0.25) is 9.10 Å². The van der Waals surface area contributed by atoms with E-state index < -0.39 is 11.0 Å². The molecule has 0 aliphatic rings. The van der Waals surface area contributed by atoms with Crippen molar-refractivity contribution in [3.8, 4) is 22.5 Å². The second-order valence-electron chi connectivity index (χ2n) is 8.62. The molecular weight excluding hydrogens is 463 g/mol. The van der Waals surface area contributed by atoms with Crippen LogP contribution in [0.4, 0.5) is 10.1 Å².